The number of carbonyl (C=O) groups is 2. The van der Waals surface area contributed by atoms with Crippen molar-refractivity contribution in [2.45, 2.75) is 13.3 Å². The van der Waals surface area contributed by atoms with Crippen molar-refractivity contribution >= 4 is 22.8 Å². The fourth-order valence-corrected chi connectivity index (χ4v) is 2.92. The minimum atomic E-state index is -0.551. The SMILES string of the molecule is CCOC(=O)C(CNC(=O)c1cc(=O)c2ccccc2o1)Cc1ccccc1. The molecule has 1 amide bonds. The third-order valence-corrected chi connectivity index (χ3v) is 4.31. The molecule has 0 aliphatic rings. The maximum atomic E-state index is 12.5. The van der Waals surface area contributed by atoms with Gasteiger partial charge < -0.3 is 14.5 Å². The highest BCUT2D eigenvalue weighted by Gasteiger charge is 2.22. The number of rotatable bonds is 7. The average molecular weight is 379 g/mol. The van der Waals surface area contributed by atoms with Crippen LogP contribution in [0.4, 0.5) is 0 Å². The van der Waals surface area contributed by atoms with Crippen molar-refractivity contribution < 1.29 is 18.7 Å². The lowest BCUT2D eigenvalue weighted by atomic mass is 9.99. The maximum absolute atomic E-state index is 12.5. The molecular weight excluding hydrogens is 358 g/mol. The van der Waals surface area contributed by atoms with E-state index in [0.717, 1.165) is 11.6 Å². The predicted octanol–water partition coefficient (Wildman–Crippen LogP) is 2.94. The van der Waals surface area contributed by atoms with Gasteiger partial charge >= 0.3 is 5.97 Å². The molecule has 3 aromatic rings. The number of para-hydroxylation sites is 1. The van der Waals surface area contributed by atoms with Gasteiger partial charge in [0.05, 0.1) is 17.9 Å². The molecule has 1 unspecified atom stereocenters. The van der Waals surface area contributed by atoms with E-state index in [9.17, 15) is 14.4 Å². The van der Waals surface area contributed by atoms with Crippen molar-refractivity contribution in [1.29, 1.82) is 0 Å². The molecule has 28 heavy (non-hydrogen) atoms. The number of hydrogen-bond acceptors (Lipinski definition) is 5. The van der Waals surface area contributed by atoms with Crippen LogP contribution in [0.25, 0.3) is 11.0 Å². The molecule has 0 aliphatic carbocycles. The van der Waals surface area contributed by atoms with E-state index in [0.29, 0.717) is 17.4 Å². The number of carbonyl (C=O) groups excluding carboxylic acids is 2. The number of benzene rings is 2. The predicted molar refractivity (Wildman–Crippen MR) is 105 cm³/mol. The summed E-state index contributed by atoms with van der Waals surface area (Å²) < 4.78 is 10.7. The molecule has 0 saturated heterocycles. The molecule has 3 rings (SSSR count). The first-order valence-electron chi connectivity index (χ1n) is 9.10. The van der Waals surface area contributed by atoms with Gasteiger partial charge in [-0.25, -0.2) is 0 Å². The Balaban J connectivity index is 1.74. The van der Waals surface area contributed by atoms with Gasteiger partial charge in [0.25, 0.3) is 5.91 Å². The second kappa shape index (κ2) is 8.99. The van der Waals surface area contributed by atoms with E-state index >= 15 is 0 Å². The topological polar surface area (TPSA) is 85.6 Å². The van der Waals surface area contributed by atoms with E-state index in [1.165, 1.54) is 0 Å². The third-order valence-electron chi connectivity index (χ3n) is 4.31. The summed E-state index contributed by atoms with van der Waals surface area (Å²) in [5.41, 5.74) is 1.01. The van der Waals surface area contributed by atoms with Crippen molar-refractivity contribution in [2.75, 3.05) is 13.2 Å². The summed E-state index contributed by atoms with van der Waals surface area (Å²) in [5, 5.41) is 3.09. The number of ether oxygens (including phenoxy) is 1. The van der Waals surface area contributed by atoms with Gasteiger partial charge in [-0.2, -0.15) is 0 Å². The van der Waals surface area contributed by atoms with Crippen LogP contribution in [0.5, 0.6) is 0 Å². The minimum Gasteiger partial charge on any atom is -0.466 e. The Labute approximate surface area is 162 Å². The fraction of sp³-hybridized carbons (Fsp3) is 0.227. The van der Waals surface area contributed by atoms with Crippen LogP contribution in [0, 0.1) is 5.92 Å². The van der Waals surface area contributed by atoms with E-state index in [2.05, 4.69) is 5.32 Å². The van der Waals surface area contributed by atoms with Gasteiger partial charge in [0, 0.05) is 12.6 Å². The van der Waals surface area contributed by atoms with Crippen LogP contribution in [0.15, 0.2) is 69.9 Å². The molecule has 0 saturated carbocycles. The summed E-state index contributed by atoms with van der Waals surface area (Å²) >= 11 is 0. The van der Waals surface area contributed by atoms with E-state index in [1.54, 1.807) is 31.2 Å². The lowest BCUT2D eigenvalue weighted by Crippen LogP contribution is -2.35. The van der Waals surface area contributed by atoms with Gasteiger partial charge in [-0.15, -0.1) is 0 Å². The van der Waals surface area contributed by atoms with Crippen molar-refractivity contribution in [3.8, 4) is 0 Å². The van der Waals surface area contributed by atoms with E-state index in [4.69, 9.17) is 9.15 Å². The molecule has 0 radical (unpaired) electrons. The molecule has 2 aromatic carbocycles. The second-order valence-electron chi connectivity index (χ2n) is 6.32. The molecule has 0 spiro atoms. The summed E-state index contributed by atoms with van der Waals surface area (Å²) in [4.78, 5) is 36.9. The first-order chi connectivity index (χ1) is 13.6. The number of nitrogens with one attached hydrogen (secondary N) is 1. The van der Waals surface area contributed by atoms with Crippen LogP contribution >= 0.6 is 0 Å². The Morgan fingerprint density at radius 2 is 1.79 bits per heavy atom. The van der Waals surface area contributed by atoms with Crippen molar-refractivity contribution in [1.82, 2.24) is 5.32 Å². The molecular formula is C22H21NO5. The van der Waals surface area contributed by atoms with Crippen molar-refractivity contribution in [2.24, 2.45) is 5.92 Å². The van der Waals surface area contributed by atoms with Crippen molar-refractivity contribution in [3.05, 3.63) is 82.2 Å². The largest absolute Gasteiger partial charge is 0.466 e. The lowest BCUT2D eigenvalue weighted by Gasteiger charge is -2.16. The highest BCUT2D eigenvalue weighted by molar-refractivity contribution is 5.93. The number of esters is 1. The van der Waals surface area contributed by atoms with Crippen LogP contribution in [-0.4, -0.2) is 25.0 Å². The Morgan fingerprint density at radius 1 is 1.07 bits per heavy atom. The van der Waals surface area contributed by atoms with Gasteiger partial charge in [0.1, 0.15) is 5.58 Å². The van der Waals surface area contributed by atoms with Crippen LogP contribution < -0.4 is 10.7 Å². The second-order valence-corrected chi connectivity index (χ2v) is 6.32. The summed E-state index contributed by atoms with van der Waals surface area (Å²) in [6.45, 7) is 2.07. The molecule has 144 valence electrons. The normalized spacial score (nSPS) is 11.8. The molecule has 0 aliphatic heterocycles. The molecule has 1 atom stereocenters. The molecule has 6 heteroatoms. The monoisotopic (exact) mass is 379 g/mol. The Kier molecular flexibility index (Phi) is 6.22. The van der Waals surface area contributed by atoms with E-state index in [1.807, 2.05) is 30.3 Å². The van der Waals surface area contributed by atoms with E-state index in [-0.39, 0.29) is 30.3 Å². The zero-order valence-electron chi connectivity index (χ0n) is 15.5. The summed E-state index contributed by atoms with van der Waals surface area (Å²) in [7, 11) is 0. The quantitative estimate of drug-likeness (QED) is 0.638. The van der Waals surface area contributed by atoms with Gasteiger partial charge in [0.2, 0.25) is 0 Å². The zero-order chi connectivity index (χ0) is 19.9. The summed E-state index contributed by atoms with van der Waals surface area (Å²) in [5.74, 6) is -1.57. The first kappa shape index (κ1) is 19.4. The molecule has 6 nitrogen and oxygen atoms in total. The zero-order valence-corrected chi connectivity index (χ0v) is 15.5. The van der Waals surface area contributed by atoms with Crippen molar-refractivity contribution in [3.63, 3.8) is 0 Å². The van der Waals surface area contributed by atoms with Gasteiger partial charge in [-0.05, 0) is 31.0 Å². The van der Waals surface area contributed by atoms with Gasteiger partial charge in [0.15, 0.2) is 11.2 Å². The molecule has 0 fully saturated rings. The smallest absolute Gasteiger partial charge is 0.311 e. The van der Waals surface area contributed by atoms with Gasteiger partial charge in [-0.3, -0.25) is 14.4 Å². The van der Waals surface area contributed by atoms with Crippen LogP contribution in [0.1, 0.15) is 23.0 Å². The number of amides is 1. The minimum absolute atomic E-state index is 0.0725. The Bertz CT molecular complexity index is 1030. The number of hydrogen-bond donors (Lipinski definition) is 1. The van der Waals surface area contributed by atoms with E-state index < -0.39 is 11.8 Å². The highest BCUT2D eigenvalue weighted by atomic mass is 16.5. The summed E-state index contributed by atoms with van der Waals surface area (Å²) in [6.07, 6.45) is 0.432. The lowest BCUT2D eigenvalue weighted by molar-refractivity contribution is -0.147. The molecule has 1 aromatic heterocycles. The molecule has 1 N–H and O–H groups in total. The van der Waals surface area contributed by atoms with Crippen LogP contribution in [-0.2, 0) is 16.0 Å². The molecule has 1 heterocycles. The standard InChI is InChI=1S/C22H21NO5/c1-2-27-22(26)16(12-15-8-4-3-5-9-15)14-23-21(25)20-13-18(24)17-10-6-7-11-19(17)28-20/h3-11,13,16H,2,12,14H2,1H3,(H,23,25). The maximum Gasteiger partial charge on any atom is 0.311 e. The fourth-order valence-electron chi connectivity index (χ4n) is 2.92. The number of fused-ring (bicyclic) bond motifs is 1. The third kappa shape index (κ3) is 4.65. The molecule has 0 bridgehead atoms. The average Bonchev–Trinajstić information content (AvgIpc) is 2.71. The Hall–Kier alpha value is -3.41. The van der Waals surface area contributed by atoms with Crippen LogP contribution in [0.2, 0.25) is 0 Å². The summed E-state index contributed by atoms with van der Waals surface area (Å²) in [6, 6.07) is 17.4. The first-order valence-corrected chi connectivity index (χ1v) is 9.10. The van der Waals surface area contributed by atoms with Gasteiger partial charge in [-0.1, -0.05) is 42.5 Å². The highest BCUT2D eigenvalue weighted by Crippen LogP contribution is 2.13. The Morgan fingerprint density at radius 3 is 2.54 bits per heavy atom. The van der Waals surface area contributed by atoms with Crippen LogP contribution in [0.3, 0.4) is 0 Å².